The van der Waals surface area contributed by atoms with Gasteiger partial charge >= 0.3 is 0 Å². The molecule has 1 aliphatic heterocycles. The van der Waals surface area contributed by atoms with Gasteiger partial charge in [-0.3, -0.25) is 14.4 Å². The SMILES string of the molecule is CN[C@@H](C)C(=O)N[C@H](C(=O)N1CCC[C@H]1C(=O)Nc1cc2c(Nc3ccc(Cl)cc3F)ncnc2cc1OC)C(C)(C)C. The zero-order chi connectivity index (χ0) is 31.5. The molecule has 0 radical (unpaired) electrons. The van der Waals surface area contributed by atoms with Gasteiger partial charge < -0.3 is 30.9 Å². The Morgan fingerprint density at radius 3 is 2.53 bits per heavy atom. The monoisotopic (exact) mass is 613 g/mol. The number of likely N-dealkylation sites (N-methyl/N-ethyl adjacent to an activating group) is 1. The van der Waals surface area contributed by atoms with E-state index in [0.717, 1.165) is 0 Å². The van der Waals surface area contributed by atoms with E-state index in [2.05, 4.69) is 31.2 Å². The lowest BCUT2D eigenvalue weighted by Gasteiger charge is -2.36. The van der Waals surface area contributed by atoms with Crippen LogP contribution in [0, 0.1) is 11.2 Å². The maximum Gasteiger partial charge on any atom is 0.247 e. The van der Waals surface area contributed by atoms with Crippen molar-refractivity contribution in [1.82, 2.24) is 25.5 Å². The lowest BCUT2D eigenvalue weighted by Crippen LogP contribution is -2.59. The smallest absolute Gasteiger partial charge is 0.247 e. The summed E-state index contributed by atoms with van der Waals surface area (Å²) in [7, 11) is 3.13. The first kappa shape index (κ1) is 31.9. The van der Waals surface area contributed by atoms with Gasteiger partial charge in [-0.25, -0.2) is 14.4 Å². The number of nitrogens with zero attached hydrogens (tertiary/aromatic N) is 3. The summed E-state index contributed by atoms with van der Waals surface area (Å²) < 4.78 is 20.1. The van der Waals surface area contributed by atoms with Crippen LogP contribution in [-0.2, 0) is 14.4 Å². The van der Waals surface area contributed by atoms with Crippen LogP contribution in [0.5, 0.6) is 5.75 Å². The molecule has 1 aromatic heterocycles. The lowest BCUT2D eigenvalue weighted by molar-refractivity contribution is -0.143. The second-order valence-corrected chi connectivity index (χ2v) is 12.0. The first-order chi connectivity index (χ1) is 20.3. The van der Waals surface area contributed by atoms with Crippen molar-refractivity contribution < 1.29 is 23.5 Å². The fraction of sp³-hybridized carbons (Fsp3) is 0.433. The molecule has 0 aliphatic carbocycles. The maximum atomic E-state index is 14.5. The molecule has 1 fully saturated rings. The molecule has 1 aliphatic rings. The van der Waals surface area contributed by atoms with Crippen molar-refractivity contribution in [3.8, 4) is 5.75 Å². The van der Waals surface area contributed by atoms with Gasteiger partial charge in [-0.05, 0) is 56.5 Å². The number of likely N-dealkylation sites (tertiary alicyclic amines) is 1. The summed E-state index contributed by atoms with van der Waals surface area (Å²) >= 11 is 5.89. The molecule has 2 aromatic carbocycles. The van der Waals surface area contributed by atoms with Crippen LogP contribution in [0.3, 0.4) is 0 Å². The predicted molar refractivity (Wildman–Crippen MR) is 164 cm³/mol. The molecule has 43 heavy (non-hydrogen) atoms. The molecule has 4 N–H and O–H groups in total. The van der Waals surface area contributed by atoms with Crippen molar-refractivity contribution in [2.24, 2.45) is 5.41 Å². The fourth-order valence-electron chi connectivity index (χ4n) is 4.90. The Labute approximate surface area is 254 Å². The standard InChI is InChI=1S/C30H37ClFN7O4/c1-16(33-5)27(40)38-25(30(2,3)4)29(42)39-11-7-8-23(39)28(41)37-22-13-18-21(14-24(22)43-6)34-15-35-26(18)36-20-10-9-17(31)12-19(20)32/h9-10,12-16,23,25,33H,7-8,11H2,1-6H3,(H,37,41)(H,38,40)(H,34,35,36)/t16-,23-,25+/m0/s1. The number of hydrogen-bond acceptors (Lipinski definition) is 8. The van der Waals surface area contributed by atoms with Crippen LogP contribution in [0.2, 0.25) is 5.02 Å². The summed E-state index contributed by atoms with van der Waals surface area (Å²) in [6, 6.07) is 5.43. The van der Waals surface area contributed by atoms with E-state index < -0.39 is 35.3 Å². The summed E-state index contributed by atoms with van der Waals surface area (Å²) in [6.45, 7) is 7.70. The van der Waals surface area contributed by atoms with Crippen LogP contribution in [0.4, 0.5) is 21.6 Å². The molecule has 0 saturated carbocycles. The zero-order valence-corrected chi connectivity index (χ0v) is 25.8. The summed E-state index contributed by atoms with van der Waals surface area (Å²) in [6.07, 6.45) is 2.42. The molecule has 3 aromatic rings. The Kier molecular flexibility index (Phi) is 9.71. The molecule has 4 rings (SSSR count). The molecular weight excluding hydrogens is 577 g/mol. The van der Waals surface area contributed by atoms with Gasteiger partial charge in [-0.15, -0.1) is 0 Å². The van der Waals surface area contributed by atoms with E-state index in [4.69, 9.17) is 16.3 Å². The van der Waals surface area contributed by atoms with Gasteiger partial charge in [-0.1, -0.05) is 32.4 Å². The quantitative estimate of drug-likeness (QED) is 0.281. The van der Waals surface area contributed by atoms with Crippen LogP contribution in [-0.4, -0.2) is 71.4 Å². The van der Waals surface area contributed by atoms with E-state index in [-0.39, 0.29) is 22.5 Å². The van der Waals surface area contributed by atoms with Crippen LogP contribution < -0.4 is 26.0 Å². The Bertz CT molecular complexity index is 1530. The van der Waals surface area contributed by atoms with E-state index in [0.29, 0.717) is 47.5 Å². The van der Waals surface area contributed by atoms with Crippen molar-refractivity contribution in [3.05, 3.63) is 47.5 Å². The highest BCUT2D eigenvalue weighted by Gasteiger charge is 2.42. The van der Waals surface area contributed by atoms with Gasteiger partial charge in [0.2, 0.25) is 17.7 Å². The summed E-state index contributed by atoms with van der Waals surface area (Å²) in [5, 5.41) is 12.4. The van der Waals surface area contributed by atoms with E-state index in [1.165, 1.54) is 30.5 Å². The predicted octanol–water partition coefficient (Wildman–Crippen LogP) is 4.24. The number of hydrogen-bond donors (Lipinski definition) is 4. The minimum Gasteiger partial charge on any atom is -0.494 e. The average Bonchev–Trinajstić information content (AvgIpc) is 3.46. The number of ether oxygens (including phenoxy) is 1. The van der Waals surface area contributed by atoms with Crippen LogP contribution in [0.25, 0.3) is 10.9 Å². The number of anilines is 3. The second kappa shape index (κ2) is 13.1. The summed E-state index contributed by atoms with van der Waals surface area (Å²) in [5.74, 6) is -0.931. The Morgan fingerprint density at radius 2 is 1.88 bits per heavy atom. The molecule has 13 heteroatoms. The highest BCUT2D eigenvalue weighted by atomic mass is 35.5. The number of methoxy groups -OCH3 is 1. The molecule has 11 nitrogen and oxygen atoms in total. The van der Waals surface area contributed by atoms with Gasteiger partial charge in [-0.2, -0.15) is 0 Å². The molecule has 3 atom stereocenters. The van der Waals surface area contributed by atoms with Crippen LogP contribution in [0.1, 0.15) is 40.5 Å². The van der Waals surface area contributed by atoms with E-state index in [1.54, 1.807) is 32.2 Å². The summed E-state index contributed by atoms with van der Waals surface area (Å²) in [4.78, 5) is 50.2. The normalized spacial score (nSPS) is 16.5. The zero-order valence-electron chi connectivity index (χ0n) is 25.0. The van der Waals surface area contributed by atoms with Gasteiger partial charge in [0.05, 0.1) is 30.0 Å². The van der Waals surface area contributed by atoms with E-state index in [1.807, 2.05) is 20.8 Å². The van der Waals surface area contributed by atoms with Crippen molar-refractivity contribution in [2.75, 3.05) is 31.3 Å². The first-order valence-corrected chi connectivity index (χ1v) is 14.4. The van der Waals surface area contributed by atoms with Gasteiger partial charge in [0.15, 0.2) is 0 Å². The Hall–Kier alpha value is -4.03. The fourth-order valence-corrected chi connectivity index (χ4v) is 5.06. The first-order valence-electron chi connectivity index (χ1n) is 14.0. The van der Waals surface area contributed by atoms with Gasteiger partial charge in [0.25, 0.3) is 0 Å². The van der Waals surface area contributed by atoms with Crippen molar-refractivity contribution in [3.63, 3.8) is 0 Å². The second-order valence-electron chi connectivity index (χ2n) is 11.5. The van der Waals surface area contributed by atoms with Crippen molar-refractivity contribution in [2.45, 2.75) is 58.7 Å². The highest BCUT2D eigenvalue weighted by Crippen LogP contribution is 2.35. The van der Waals surface area contributed by atoms with Crippen molar-refractivity contribution in [1.29, 1.82) is 0 Å². The lowest BCUT2D eigenvalue weighted by atomic mass is 9.85. The number of carbonyl (C=O) groups excluding carboxylic acids is 3. The van der Waals surface area contributed by atoms with E-state index in [9.17, 15) is 18.8 Å². The molecule has 2 heterocycles. The van der Waals surface area contributed by atoms with Crippen molar-refractivity contribution >= 4 is 57.4 Å². The molecule has 230 valence electrons. The molecule has 0 unspecified atom stereocenters. The van der Waals surface area contributed by atoms with Crippen LogP contribution >= 0.6 is 11.6 Å². The summed E-state index contributed by atoms with van der Waals surface area (Å²) in [5.41, 5.74) is 0.393. The van der Waals surface area contributed by atoms with Gasteiger partial charge in [0.1, 0.15) is 35.8 Å². The largest absolute Gasteiger partial charge is 0.494 e. The highest BCUT2D eigenvalue weighted by molar-refractivity contribution is 6.30. The molecule has 1 saturated heterocycles. The number of carbonyl (C=O) groups is 3. The van der Waals surface area contributed by atoms with E-state index >= 15 is 0 Å². The molecule has 3 amide bonds. The number of rotatable bonds is 9. The number of amides is 3. The Balaban J connectivity index is 1.61. The maximum absolute atomic E-state index is 14.5. The average molecular weight is 614 g/mol. The number of benzene rings is 2. The topological polar surface area (TPSA) is 138 Å². The van der Waals surface area contributed by atoms with Crippen LogP contribution in [0.15, 0.2) is 36.7 Å². The number of halogens is 2. The number of fused-ring (bicyclic) bond motifs is 1. The Morgan fingerprint density at radius 1 is 1.14 bits per heavy atom. The molecular formula is C30H37ClFN7O4. The third-order valence-corrected chi connectivity index (χ3v) is 7.70. The van der Waals surface area contributed by atoms with Gasteiger partial charge in [0, 0.05) is 23.0 Å². The minimum atomic E-state index is -0.835. The number of nitrogens with one attached hydrogen (secondary N) is 4. The third-order valence-electron chi connectivity index (χ3n) is 7.46. The number of aromatic nitrogens is 2. The minimum absolute atomic E-state index is 0.163. The molecule has 0 bridgehead atoms. The molecule has 0 spiro atoms. The third kappa shape index (κ3) is 7.14.